The monoisotopic (exact) mass is 300 g/mol. The number of ether oxygens (including phenoxy) is 1. The standard InChI is InChI=1S/C13H14F2N2O2S/c14-8-2-1-3-9(10(8)15)17-12(18)13(11(16)20)4-6-19-7-5-13/h1-3H,4-7H2,(H2,16,20)(H,17,18). The molecule has 1 aliphatic heterocycles. The van der Waals surface area contributed by atoms with E-state index >= 15 is 0 Å². The summed E-state index contributed by atoms with van der Waals surface area (Å²) in [5, 5.41) is 2.37. The predicted octanol–water partition coefficient (Wildman–Crippen LogP) is 1.99. The van der Waals surface area contributed by atoms with E-state index in [0.29, 0.717) is 26.1 Å². The average molecular weight is 300 g/mol. The van der Waals surface area contributed by atoms with E-state index in [1.165, 1.54) is 12.1 Å². The summed E-state index contributed by atoms with van der Waals surface area (Å²) < 4.78 is 31.9. The Kier molecular flexibility index (Phi) is 4.29. The van der Waals surface area contributed by atoms with Crippen molar-refractivity contribution in [3.05, 3.63) is 29.8 Å². The highest BCUT2D eigenvalue weighted by molar-refractivity contribution is 7.80. The van der Waals surface area contributed by atoms with Crippen molar-refractivity contribution in [3.8, 4) is 0 Å². The summed E-state index contributed by atoms with van der Waals surface area (Å²) in [6.45, 7) is 0.687. The molecule has 1 aromatic rings. The number of amides is 1. The van der Waals surface area contributed by atoms with Gasteiger partial charge in [0.2, 0.25) is 5.91 Å². The Morgan fingerprint density at radius 3 is 2.60 bits per heavy atom. The minimum Gasteiger partial charge on any atom is -0.392 e. The number of hydrogen-bond acceptors (Lipinski definition) is 3. The highest BCUT2D eigenvalue weighted by Gasteiger charge is 2.43. The van der Waals surface area contributed by atoms with Gasteiger partial charge in [-0.25, -0.2) is 8.78 Å². The molecule has 1 aromatic carbocycles. The van der Waals surface area contributed by atoms with Gasteiger partial charge in [-0.05, 0) is 25.0 Å². The largest absolute Gasteiger partial charge is 0.392 e. The molecule has 2 rings (SSSR count). The highest BCUT2D eigenvalue weighted by Crippen LogP contribution is 2.33. The van der Waals surface area contributed by atoms with Crippen LogP contribution in [0.1, 0.15) is 12.8 Å². The molecule has 3 N–H and O–H groups in total. The van der Waals surface area contributed by atoms with Gasteiger partial charge in [0.05, 0.1) is 10.7 Å². The summed E-state index contributed by atoms with van der Waals surface area (Å²) in [5.41, 5.74) is 4.37. The first kappa shape index (κ1) is 14.8. The fourth-order valence-electron chi connectivity index (χ4n) is 2.15. The first-order valence-corrected chi connectivity index (χ1v) is 6.51. The third-order valence-electron chi connectivity index (χ3n) is 3.45. The van der Waals surface area contributed by atoms with Crippen LogP contribution in [0.5, 0.6) is 0 Å². The zero-order chi connectivity index (χ0) is 14.8. The Morgan fingerprint density at radius 1 is 1.35 bits per heavy atom. The summed E-state index contributed by atoms with van der Waals surface area (Å²) in [4.78, 5) is 12.4. The Morgan fingerprint density at radius 2 is 2.00 bits per heavy atom. The van der Waals surface area contributed by atoms with Gasteiger partial charge in [-0.2, -0.15) is 0 Å². The van der Waals surface area contributed by atoms with Crippen LogP contribution in [-0.4, -0.2) is 24.1 Å². The second-order valence-electron chi connectivity index (χ2n) is 4.61. The maximum absolute atomic E-state index is 13.6. The van der Waals surface area contributed by atoms with E-state index in [9.17, 15) is 13.6 Å². The zero-order valence-corrected chi connectivity index (χ0v) is 11.4. The van der Waals surface area contributed by atoms with Crippen molar-refractivity contribution in [3.63, 3.8) is 0 Å². The molecule has 0 aromatic heterocycles. The first-order chi connectivity index (χ1) is 9.47. The van der Waals surface area contributed by atoms with Gasteiger partial charge < -0.3 is 15.8 Å². The molecule has 0 unspecified atom stereocenters. The molecular formula is C13H14F2N2O2S. The zero-order valence-electron chi connectivity index (χ0n) is 10.6. The lowest BCUT2D eigenvalue weighted by Gasteiger charge is -2.34. The molecule has 1 fully saturated rings. The second kappa shape index (κ2) is 5.80. The molecular weight excluding hydrogens is 286 g/mol. The third kappa shape index (κ3) is 2.64. The molecule has 0 radical (unpaired) electrons. The number of anilines is 1. The summed E-state index contributed by atoms with van der Waals surface area (Å²) in [5.74, 6) is -2.66. The van der Waals surface area contributed by atoms with E-state index in [0.717, 1.165) is 6.07 Å². The van der Waals surface area contributed by atoms with Crippen LogP contribution in [0, 0.1) is 17.0 Å². The molecule has 7 heteroatoms. The number of carbonyl (C=O) groups excluding carboxylic acids is 1. The molecule has 1 aliphatic rings. The molecule has 0 atom stereocenters. The van der Waals surface area contributed by atoms with Crippen molar-refractivity contribution in [2.24, 2.45) is 11.1 Å². The second-order valence-corrected chi connectivity index (χ2v) is 5.05. The topological polar surface area (TPSA) is 64.4 Å². The van der Waals surface area contributed by atoms with Gasteiger partial charge in [0, 0.05) is 13.2 Å². The van der Waals surface area contributed by atoms with Crippen LogP contribution in [0.3, 0.4) is 0 Å². The molecule has 20 heavy (non-hydrogen) atoms. The lowest BCUT2D eigenvalue weighted by molar-refractivity contribution is -0.126. The lowest BCUT2D eigenvalue weighted by atomic mass is 9.79. The van der Waals surface area contributed by atoms with E-state index in [1.54, 1.807) is 0 Å². The lowest BCUT2D eigenvalue weighted by Crippen LogP contribution is -2.49. The summed E-state index contributed by atoms with van der Waals surface area (Å²) in [6.07, 6.45) is 0.649. The number of carbonyl (C=O) groups is 1. The van der Waals surface area contributed by atoms with Crippen LogP contribution in [0.2, 0.25) is 0 Å². The van der Waals surface area contributed by atoms with Gasteiger partial charge in [0.1, 0.15) is 5.41 Å². The molecule has 0 spiro atoms. The Bertz CT molecular complexity index is 545. The number of benzene rings is 1. The van der Waals surface area contributed by atoms with Gasteiger partial charge in [-0.15, -0.1) is 0 Å². The van der Waals surface area contributed by atoms with Crippen LogP contribution in [0.4, 0.5) is 14.5 Å². The Labute approximate surface area is 120 Å². The molecule has 108 valence electrons. The maximum atomic E-state index is 13.6. The fourth-order valence-corrected chi connectivity index (χ4v) is 2.44. The third-order valence-corrected chi connectivity index (χ3v) is 3.84. The average Bonchev–Trinajstić information content (AvgIpc) is 2.44. The van der Waals surface area contributed by atoms with Crippen molar-refractivity contribution in [2.75, 3.05) is 18.5 Å². The number of halogens is 2. The summed E-state index contributed by atoms with van der Waals surface area (Å²) >= 11 is 4.97. The van der Waals surface area contributed by atoms with E-state index in [2.05, 4.69) is 5.32 Å². The van der Waals surface area contributed by atoms with Crippen LogP contribution >= 0.6 is 12.2 Å². The Hall–Kier alpha value is -1.60. The van der Waals surface area contributed by atoms with Gasteiger partial charge >= 0.3 is 0 Å². The van der Waals surface area contributed by atoms with Crippen molar-refractivity contribution in [1.82, 2.24) is 0 Å². The predicted molar refractivity (Wildman–Crippen MR) is 74.3 cm³/mol. The minimum atomic E-state index is -1.11. The van der Waals surface area contributed by atoms with Gasteiger partial charge in [-0.3, -0.25) is 4.79 Å². The maximum Gasteiger partial charge on any atom is 0.237 e. The Balaban J connectivity index is 2.25. The number of nitrogens with one attached hydrogen (secondary N) is 1. The molecule has 4 nitrogen and oxygen atoms in total. The molecule has 0 saturated carbocycles. The van der Waals surface area contributed by atoms with E-state index in [4.69, 9.17) is 22.7 Å². The molecule has 0 aliphatic carbocycles. The van der Waals surface area contributed by atoms with Gasteiger partial charge in [0.15, 0.2) is 11.6 Å². The minimum absolute atomic E-state index is 0.0371. The van der Waals surface area contributed by atoms with E-state index in [-0.39, 0.29) is 10.7 Å². The van der Waals surface area contributed by atoms with Gasteiger partial charge in [-0.1, -0.05) is 18.3 Å². The van der Waals surface area contributed by atoms with Crippen molar-refractivity contribution >= 4 is 28.8 Å². The van der Waals surface area contributed by atoms with Crippen LogP contribution in [-0.2, 0) is 9.53 Å². The highest BCUT2D eigenvalue weighted by atomic mass is 32.1. The smallest absolute Gasteiger partial charge is 0.237 e. The number of hydrogen-bond donors (Lipinski definition) is 2. The molecule has 1 amide bonds. The number of nitrogens with two attached hydrogens (primary N) is 1. The van der Waals surface area contributed by atoms with Crippen molar-refractivity contribution in [1.29, 1.82) is 0 Å². The van der Waals surface area contributed by atoms with Gasteiger partial charge in [0.25, 0.3) is 0 Å². The SMILES string of the molecule is NC(=S)C1(C(=O)Nc2cccc(F)c2F)CCOCC1. The summed E-state index contributed by atoms with van der Waals surface area (Å²) in [7, 11) is 0. The fraction of sp³-hybridized carbons (Fsp3) is 0.385. The summed E-state index contributed by atoms with van der Waals surface area (Å²) in [6, 6.07) is 3.57. The van der Waals surface area contributed by atoms with Crippen molar-refractivity contribution in [2.45, 2.75) is 12.8 Å². The number of thiocarbonyl (C=S) groups is 1. The molecule has 1 saturated heterocycles. The molecule has 1 heterocycles. The normalized spacial score (nSPS) is 17.5. The quantitative estimate of drug-likeness (QED) is 0.838. The van der Waals surface area contributed by atoms with Crippen LogP contribution in [0.15, 0.2) is 18.2 Å². The van der Waals surface area contributed by atoms with Crippen LogP contribution in [0.25, 0.3) is 0 Å². The van der Waals surface area contributed by atoms with Crippen molar-refractivity contribution < 1.29 is 18.3 Å². The number of rotatable bonds is 3. The molecule has 0 bridgehead atoms. The van der Waals surface area contributed by atoms with E-state index < -0.39 is 23.0 Å². The van der Waals surface area contributed by atoms with E-state index in [1.807, 2.05) is 0 Å². The van der Waals surface area contributed by atoms with Crippen LogP contribution < -0.4 is 11.1 Å². The first-order valence-electron chi connectivity index (χ1n) is 6.10.